The zero-order valence-corrected chi connectivity index (χ0v) is 13.3. The summed E-state index contributed by atoms with van der Waals surface area (Å²) in [5, 5.41) is 1.12. The minimum absolute atomic E-state index is 0.278. The lowest BCUT2D eigenvalue weighted by molar-refractivity contribution is 0.248. The number of hydrogen-bond donors (Lipinski definition) is 0. The Hall–Kier alpha value is -2.68. The van der Waals surface area contributed by atoms with Gasteiger partial charge in [-0.25, -0.2) is 0 Å². The first-order valence-electron chi connectivity index (χ1n) is 7.80. The van der Waals surface area contributed by atoms with Crippen molar-refractivity contribution in [1.82, 2.24) is 4.98 Å². The summed E-state index contributed by atoms with van der Waals surface area (Å²) in [4.78, 5) is 9.56. The number of fused-ring (bicyclic) bond motifs is 2. The van der Waals surface area contributed by atoms with E-state index in [-0.39, 0.29) is 5.54 Å². The van der Waals surface area contributed by atoms with Crippen LogP contribution in [0.2, 0.25) is 0 Å². The molecule has 23 heavy (non-hydrogen) atoms. The number of ether oxygens (including phenoxy) is 1. The molecule has 0 saturated heterocycles. The SMILES string of the molecule is CC1(C)COc2ccccc2C(c2cnc3ccccc3c2)=N1. The Morgan fingerprint density at radius 2 is 1.78 bits per heavy atom. The van der Waals surface area contributed by atoms with Gasteiger partial charge < -0.3 is 4.74 Å². The fourth-order valence-electron chi connectivity index (χ4n) is 2.86. The number of hydrogen-bond acceptors (Lipinski definition) is 3. The molecule has 0 N–H and O–H groups in total. The summed E-state index contributed by atoms with van der Waals surface area (Å²) in [6, 6.07) is 18.4. The normalized spacial score (nSPS) is 16.2. The number of pyridine rings is 1. The molecule has 1 aliphatic rings. The number of para-hydroxylation sites is 2. The van der Waals surface area contributed by atoms with E-state index >= 15 is 0 Å². The molecule has 2 aromatic carbocycles. The van der Waals surface area contributed by atoms with Crippen molar-refractivity contribution >= 4 is 16.6 Å². The predicted molar refractivity (Wildman–Crippen MR) is 93.4 cm³/mol. The average Bonchev–Trinajstić information content (AvgIpc) is 2.71. The first kappa shape index (κ1) is 13.9. The number of nitrogens with zero attached hydrogens (tertiary/aromatic N) is 2. The first-order chi connectivity index (χ1) is 11.1. The molecule has 2 heterocycles. The molecule has 0 amide bonds. The van der Waals surface area contributed by atoms with Gasteiger partial charge in [0, 0.05) is 22.7 Å². The van der Waals surface area contributed by atoms with E-state index in [4.69, 9.17) is 9.73 Å². The van der Waals surface area contributed by atoms with Gasteiger partial charge in [-0.2, -0.15) is 0 Å². The highest BCUT2D eigenvalue weighted by Crippen LogP contribution is 2.29. The van der Waals surface area contributed by atoms with Crippen molar-refractivity contribution < 1.29 is 4.74 Å². The highest BCUT2D eigenvalue weighted by Gasteiger charge is 2.25. The number of benzene rings is 2. The summed E-state index contributed by atoms with van der Waals surface area (Å²) < 4.78 is 5.97. The van der Waals surface area contributed by atoms with Crippen molar-refractivity contribution in [3.8, 4) is 5.75 Å². The standard InChI is InChI=1S/C20H18N2O/c1-20(2)13-23-18-10-6-4-8-16(18)19(22-20)15-11-14-7-3-5-9-17(14)21-12-15/h3-12H,13H2,1-2H3. The van der Waals surface area contributed by atoms with Gasteiger partial charge in [0.05, 0.1) is 16.8 Å². The maximum absolute atomic E-state index is 5.97. The molecule has 3 nitrogen and oxygen atoms in total. The Labute approximate surface area is 135 Å². The lowest BCUT2D eigenvalue weighted by Gasteiger charge is -2.18. The molecule has 0 radical (unpaired) electrons. The summed E-state index contributed by atoms with van der Waals surface area (Å²) >= 11 is 0. The Bertz CT molecular complexity index is 912. The highest BCUT2D eigenvalue weighted by molar-refractivity contribution is 6.15. The molecule has 0 atom stereocenters. The van der Waals surface area contributed by atoms with Crippen LogP contribution in [0.1, 0.15) is 25.0 Å². The minimum Gasteiger partial charge on any atom is -0.490 e. The van der Waals surface area contributed by atoms with Crippen molar-refractivity contribution in [1.29, 1.82) is 0 Å². The minimum atomic E-state index is -0.278. The molecule has 1 aliphatic heterocycles. The Morgan fingerprint density at radius 1 is 1.00 bits per heavy atom. The van der Waals surface area contributed by atoms with Crippen molar-refractivity contribution in [2.24, 2.45) is 4.99 Å². The Morgan fingerprint density at radius 3 is 2.70 bits per heavy atom. The van der Waals surface area contributed by atoms with Gasteiger partial charge in [0.1, 0.15) is 12.4 Å². The number of aromatic nitrogens is 1. The molecular formula is C20H18N2O. The van der Waals surface area contributed by atoms with Crippen LogP contribution in [0, 0.1) is 0 Å². The van der Waals surface area contributed by atoms with Crippen LogP contribution in [0.15, 0.2) is 65.8 Å². The molecule has 4 rings (SSSR count). The van der Waals surface area contributed by atoms with E-state index in [2.05, 4.69) is 37.0 Å². The summed E-state index contributed by atoms with van der Waals surface area (Å²) in [5.74, 6) is 0.880. The van der Waals surface area contributed by atoms with Crippen LogP contribution in [0.5, 0.6) is 5.75 Å². The van der Waals surface area contributed by atoms with Gasteiger partial charge >= 0.3 is 0 Å². The molecule has 0 unspecified atom stereocenters. The van der Waals surface area contributed by atoms with E-state index in [1.54, 1.807) is 0 Å². The Kier molecular flexibility index (Phi) is 3.15. The molecule has 114 valence electrons. The van der Waals surface area contributed by atoms with Gasteiger partial charge in [0.15, 0.2) is 0 Å². The molecule has 0 saturated carbocycles. The fourth-order valence-corrected chi connectivity index (χ4v) is 2.86. The van der Waals surface area contributed by atoms with E-state index in [1.165, 1.54) is 0 Å². The van der Waals surface area contributed by atoms with Gasteiger partial charge in [-0.1, -0.05) is 30.3 Å². The molecule has 0 fully saturated rings. The van der Waals surface area contributed by atoms with Gasteiger partial charge in [0.25, 0.3) is 0 Å². The second-order valence-electron chi connectivity index (χ2n) is 6.47. The second-order valence-corrected chi connectivity index (χ2v) is 6.47. The molecule has 0 bridgehead atoms. The van der Waals surface area contributed by atoms with Crippen molar-refractivity contribution in [3.05, 3.63) is 71.9 Å². The van der Waals surface area contributed by atoms with E-state index < -0.39 is 0 Å². The average molecular weight is 302 g/mol. The molecule has 1 aromatic heterocycles. The summed E-state index contributed by atoms with van der Waals surface area (Å²) in [6.07, 6.45) is 1.90. The fraction of sp³-hybridized carbons (Fsp3) is 0.200. The second kappa shape index (κ2) is 5.20. The van der Waals surface area contributed by atoms with Gasteiger partial charge in [-0.15, -0.1) is 0 Å². The van der Waals surface area contributed by atoms with Crippen molar-refractivity contribution in [2.75, 3.05) is 6.61 Å². The summed E-state index contributed by atoms with van der Waals surface area (Å²) in [5.41, 5.74) is 3.71. The van der Waals surface area contributed by atoms with Crippen LogP contribution in [0.3, 0.4) is 0 Å². The van der Waals surface area contributed by atoms with E-state index in [1.807, 2.05) is 42.6 Å². The van der Waals surface area contributed by atoms with Crippen molar-refractivity contribution in [2.45, 2.75) is 19.4 Å². The molecule has 0 spiro atoms. The number of aliphatic imine (C=N–C) groups is 1. The monoisotopic (exact) mass is 302 g/mol. The number of rotatable bonds is 1. The largest absolute Gasteiger partial charge is 0.490 e. The van der Waals surface area contributed by atoms with Gasteiger partial charge in [-0.3, -0.25) is 9.98 Å². The first-order valence-corrected chi connectivity index (χ1v) is 7.80. The molecule has 0 aliphatic carbocycles. The zero-order valence-electron chi connectivity index (χ0n) is 13.3. The Balaban J connectivity index is 1.94. The molecular weight excluding hydrogens is 284 g/mol. The van der Waals surface area contributed by atoms with Crippen LogP contribution in [0.4, 0.5) is 0 Å². The van der Waals surface area contributed by atoms with Crippen LogP contribution < -0.4 is 4.74 Å². The van der Waals surface area contributed by atoms with E-state index in [0.29, 0.717) is 6.61 Å². The maximum Gasteiger partial charge on any atom is 0.128 e. The summed E-state index contributed by atoms with van der Waals surface area (Å²) in [6.45, 7) is 4.75. The topological polar surface area (TPSA) is 34.5 Å². The van der Waals surface area contributed by atoms with E-state index in [9.17, 15) is 0 Å². The van der Waals surface area contributed by atoms with Crippen LogP contribution >= 0.6 is 0 Å². The third kappa shape index (κ3) is 2.59. The van der Waals surface area contributed by atoms with Gasteiger partial charge in [-0.05, 0) is 38.1 Å². The lowest BCUT2D eigenvalue weighted by atomic mass is 10.00. The van der Waals surface area contributed by atoms with Crippen LogP contribution in [-0.4, -0.2) is 22.8 Å². The predicted octanol–water partition coefficient (Wildman–Crippen LogP) is 4.24. The smallest absolute Gasteiger partial charge is 0.128 e. The zero-order chi connectivity index (χ0) is 15.9. The third-order valence-electron chi connectivity index (χ3n) is 4.00. The van der Waals surface area contributed by atoms with Crippen LogP contribution in [-0.2, 0) is 0 Å². The molecule has 3 heteroatoms. The lowest BCUT2D eigenvalue weighted by Crippen LogP contribution is -2.26. The molecule has 3 aromatic rings. The quantitative estimate of drug-likeness (QED) is 0.673. The highest BCUT2D eigenvalue weighted by atomic mass is 16.5. The summed E-state index contributed by atoms with van der Waals surface area (Å²) in [7, 11) is 0. The van der Waals surface area contributed by atoms with Crippen molar-refractivity contribution in [3.63, 3.8) is 0 Å². The van der Waals surface area contributed by atoms with Gasteiger partial charge in [0.2, 0.25) is 0 Å². The van der Waals surface area contributed by atoms with E-state index in [0.717, 1.165) is 33.5 Å². The third-order valence-corrected chi connectivity index (χ3v) is 4.00. The maximum atomic E-state index is 5.97. The van der Waals surface area contributed by atoms with Crippen LogP contribution in [0.25, 0.3) is 10.9 Å².